The normalized spacial score (nSPS) is 15.4. The highest BCUT2D eigenvalue weighted by Gasteiger charge is 2.36. The second kappa shape index (κ2) is 9.71. The summed E-state index contributed by atoms with van der Waals surface area (Å²) in [6.07, 6.45) is 1.65. The highest BCUT2D eigenvalue weighted by Crippen LogP contribution is 2.33. The van der Waals surface area contributed by atoms with E-state index in [1.807, 2.05) is 24.3 Å². The Balaban J connectivity index is 1.95. The Bertz CT molecular complexity index is 1170. The van der Waals surface area contributed by atoms with Crippen LogP contribution in [0.1, 0.15) is 31.9 Å². The molecule has 0 saturated carbocycles. The lowest BCUT2D eigenvalue weighted by atomic mass is 9.93. The molecule has 0 unspecified atom stereocenters. The van der Waals surface area contributed by atoms with Crippen LogP contribution in [0.25, 0.3) is 6.08 Å². The minimum Gasteiger partial charge on any atom is -0.493 e. The van der Waals surface area contributed by atoms with Crippen molar-refractivity contribution in [2.45, 2.75) is 33.4 Å². The summed E-state index contributed by atoms with van der Waals surface area (Å²) in [5, 5.41) is 10.1. The standard InChI is InChI=1S/C25H23ClN2O4/c1-15(2)28-24(29)19(16(3)20(13-27)25(28)30)11-17-9-10-22(23(12-17)31-4)32-14-18-7-5-6-8-21(18)26/h5-12,15H,14H2,1-4H3/b19-11+. The SMILES string of the molecule is COc1cc(/C=C2/C(=O)N(C(C)C)C(=O)C(C#N)=C2C)ccc1OCc1ccccc1Cl. The molecule has 1 heterocycles. The third-order valence-corrected chi connectivity index (χ3v) is 5.50. The van der Waals surface area contributed by atoms with Crippen molar-refractivity contribution in [3.05, 3.63) is 75.3 Å². The van der Waals surface area contributed by atoms with E-state index in [1.54, 1.807) is 51.1 Å². The van der Waals surface area contributed by atoms with Crippen LogP contribution in [0.2, 0.25) is 5.02 Å². The quantitative estimate of drug-likeness (QED) is 0.460. The van der Waals surface area contributed by atoms with Gasteiger partial charge < -0.3 is 9.47 Å². The van der Waals surface area contributed by atoms with Crippen molar-refractivity contribution < 1.29 is 19.1 Å². The molecule has 0 aromatic heterocycles. The van der Waals surface area contributed by atoms with Gasteiger partial charge in [0.25, 0.3) is 11.8 Å². The van der Waals surface area contributed by atoms with E-state index in [0.717, 1.165) is 10.5 Å². The number of methoxy groups -OCH3 is 1. The molecule has 2 aromatic rings. The Morgan fingerprint density at radius 1 is 1.12 bits per heavy atom. The predicted octanol–water partition coefficient (Wildman–Crippen LogP) is 4.93. The van der Waals surface area contributed by atoms with E-state index < -0.39 is 11.8 Å². The number of carbonyl (C=O) groups excluding carboxylic acids is 2. The van der Waals surface area contributed by atoms with Crippen LogP contribution in [0, 0.1) is 11.3 Å². The zero-order valence-electron chi connectivity index (χ0n) is 18.3. The smallest absolute Gasteiger partial charge is 0.271 e. The molecule has 6 nitrogen and oxygen atoms in total. The molecule has 3 rings (SSSR count). The van der Waals surface area contributed by atoms with Crippen molar-refractivity contribution >= 4 is 29.5 Å². The fraction of sp³-hybridized carbons (Fsp3) is 0.240. The van der Waals surface area contributed by atoms with E-state index in [4.69, 9.17) is 21.1 Å². The van der Waals surface area contributed by atoms with Gasteiger partial charge in [0.15, 0.2) is 11.5 Å². The fourth-order valence-electron chi connectivity index (χ4n) is 3.40. The van der Waals surface area contributed by atoms with Crippen LogP contribution in [0.5, 0.6) is 11.5 Å². The first-order valence-corrected chi connectivity index (χ1v) is 10.4. The number of ether oxygens (including phenoxy) is 2. The molecule has 0 aliphatic carbocycles. The predicted molar refractivity (Wildman–Crippen MR) is 122 cm³/mol. The number of rotatable bonds is 6. The van der Waals surface area contributed by atoms with E-state index >= 15 is 0 Å². The van der Waals surface area contributed by atoms with Gasteiger partial charge in [-0.3, -0.25) is 14.5 Å². The average molecular weight is 451 g/mol. The van der Waals surface area contributed by atoms with Gasteiger partial charge in [0.1, 0.15) is 18.2 Å². The van der Waals surface area contributed by atoms with Gasteiger partial charge in [-0.25, -0.2) is 0 Å². The number of hydrogen-bond donors (Lipinski definition) is 0. The summed E-state index contributed by atoms with van der Waals surface area (Å²) in [5.41, 5.74) is 2.14. The molecule has 2 amide bonds. The van der Waals surface area contributed by atoms with Gasteiger partial charge >= 0.3 is 0 Å². The molecule has 0 saturated heterocycles. The van der Waals surface area contributed by atoms with Gasteiger partial charge in [-0.1, -0.05) is 35.9 Å². The number of nitriles is 1. The van der Waals surface area contributed by atoms with Crippen molar-refractivity contribution in [1.82, 2.24) is 4.90 Å². The van der Waals surface area contributed by atoms with Gasteiger partial charge in [0, 0.05) is 22.2 Å². The maximum Gasteiger partial charge on any atom is 0.271 e. The molecular weight excluding hydrogens is 428 g/mol. The van der Waals surface area contributed by atoms with Crippen molar-refractivity contribution in [1.29, 1.82) is 5.26 Å². The van der Waals surface area contributed by atoms with Crippen LogP contribution in [0.3, 0.4) is 0 Å². The Labute approximate surface area is 192 Å². The zero-order chi connectivity index (χ0) is 23.4. The zero-order valence-corrected chi connectivity index (χ0v) is 19.1. The van der Waals surface area contributed by atoms with Gasteiger partial charge in [0.05, 0.1) is 7.11 Å². The molecule has 0 N–H and O–H groups in total. The number of halogens is 1. The first-order chi connectivity index (χ1) is 15.3. The minimum absolute atomic E-state index is 0.0313. The second-order valence-electron chi connectivity index (χ2n) is 7.53. The number of imide groups is 1. The number of benzene rings is 2. The molecule has 1 aliphatic heterocycles. The topological polar surface area (TPSA) is 79.6 Å². The summed E-state index contributed by atoms with van der Waals surface area (Å²) in [6.45, 7) is 5.35. The Morgan fingerprint density at radius 3 is 2.47 bits per heavy atom. The van der Waals surface area contributed by atoms with Gasteiger partial charge in [-0.2, -0.15) is 5.26 Å². The molecule has 7 heteroatoms. The molecule has 0 atom stereocenters. The molecular formula is C25H23ClN2O4. The summed E-state index contributed by atoms with van der Waals surface area (Å²) in [4.78, 5) is 26.6. The van der Waals surface area contributed by atoms with E-state index in [1.165, 1.54) is 7.11 Å². The lowest BCUT2D eigenvalue weighted by Crippen LogP contribution is -2.46. The van der Waals surface area contributed by atoms with Gasteiger partial charge in [0.2, 0.25) is 0 Å². The summed E-state index contributed by atoms with van der Waals surface area (Å²) in [7, 11) is 1.53. The van der Waals surface area contributed by atoms with Crippen LogP contribution >= 0.6 is 11.6 Å². The summed E-state index contributed by atoms with van der Waals surface area (Å²) < 4.78 is 11.3. The van der Waals surface area contributed by atoms with E-state index in [0.29, 0.717) is 33.2 Å². The van der Waals surface area contributed by atoms with Crippen molar-refractivity contribution in [3.8, 4) is 17.6 Å². The highest BCUT2D eigenvalue weighted by atomic mass is 35.5. The molecule has 0 spiro atoms. The minimum atomic E-state index is -0.567. The Morgan fingerprint density at radius 2 is 1.84 bits per heavy atom. The third kappa shape index (κ3) is 4.53. The van der Waals surface area contributed by atoms with E-state index in [9.17, 15) is 14.9 Å². The number of nitrogens with zero attached hydrogens (tertiary/aromatic N) is 2. The Kier molecular flexibility index (Phi) is 7.01. The van der Waals surface area contributed by atoms with Gasteiger partial charge in [-0.15, -0.1) is 0 Å². The van der Waals surface area contributed by atoms with E-state index in [-0.39, 0.29) is 18.2 Å². The third-order valence-electron chi connectivity index (χ3n) is 5.13. The molecule has 32 heavy (non-hydrogen) atoms. The molecule has 164 valence electrons. The number of amides is 2. The first-order valence-electron chi connectivity index (χ1n) is 10.0. The van der Waals surface area contributed by atoms with Crippen molar-refractivity contribution in [3.63, 3.8) is 0 Å². The average Bonchev–Trinajstić information content (AvgIpc) is 2.76. The maximum absolute atomic E-state index is 13.0. The van der Waals surface area contributed by atoms with E-state index in [2.05, 4.69) is 0 Å². The highest BCUT2D eigenvalue weighted by molar-refractivity contribution is 6.31. The van der Waals surface area contributed by atoms with Crippen LogP contribution in [-0.2, 0) is 16.2 Å². The molecule has 0 radical (unpaired) electrons. The van der Waals surface area contributed by atoms with Crippen LogP contribution in [0.4, 0.5) is 0 Å². The first kappa shape index (κ1) is 23.1. The van der Waals surface area contributed by atoms with Gasteiger partial charge in [-0.05, 0) is 56.2 Å². The molecule has 1 aliphatic rings. The van der Waals surface area contributed by atoms with Crippen molar-refractivity contribution in [2.75, 3.05) is 7.11 Å². The fourth-order valence-corrected chi connectivity index (χ4v) is 3.59. The Hall–Kier alpha value is -3.56. The number of hydrogen-bond acceptors (Lipinski definition) is 5. The lowest BCUT2D eigenvalue weighted by molar-refractivity contribution is -0.142. The van der Waals surface area contributed by atoms with Crippen LogP contribution < -0.4 is 9.47 Å². The summed E-state index contributed by atoms with van der Waals surface area (Å²) >= 11 is 6.19. The summed E-state index contributed by atoms with van der Waals surface area (Å²) in [5.74, 6) is 0.00432. The van der Waals surface area contributed by atoms with Crippen LogP contribution in [0.15, 0.2) is 59.2 Å². The molecule has 0 fully saturated rings. The summed E-state index contributed by atoms with van der Waals surface area (Å²) in [6, 6.07) is 14.2. The molecule has 2 aromatic carbocycles. The van der Waals surface area contributed by atoms with Crippen molar-refractivity contribution in [2.24, 2.45) is 0 Å². The van der Waals surface area contributed by atoms with Crippen LogP contribution in [-0.4, -0.2) is 29.9 Å². The largest absolute Gasteiger partial charge is 0.493 e. The lowest BCUT2D eigenvalue weighted by Gasteiger charge is -2.30. The monoisotopic (exact) mass is 450 g/mol. The second-order valence-corrected chi connectivity index (χ2v) is 7.94. The maximum atomic E-state index is 13.0. The number of carbonyl (C=O) groups is 2. The molecule has 0 bridgehead atoms.